The summed E-state index contributed by atoms with van der Waals surface area (Å²) in [6.45, 7) is 2.63. The summed E-state index contributed by atoms with van der Waals surface area (Å²) in [5.74, 6) is 0.738. The minimum atomic E-state index is -0.354. The number of benzene rings is 2. The van der Waals surface area contributed by atoms with Crippen molar-refractivity contribution in [1.82, 2.24) is 4.90 Å². The van der Waals surface area contributed by atoms with Gasteiger partial charge in [-0.05, 0) is 77.2 Å². The normalized spacial score (nSPS) is 15.4. The lowest BCUT2D eigenvalue weighted by Crippen LogP contribution is -2.32. The van der Waals surface area contributed by atoms with Crippen LogP contribution in [0.1, 0.15) is 12.5 Å². The van der Waals surface area contributed by atoms with Crippen molar-refractivity contribution in [2.45, 2.75) is 6.92 Å². The van der Waals surface area contributed by atoms with E-state index in [4.69, 9.17) is 9.47 Å². The number of carbonyl (C=O) groups excluding carboxylic acids is 2. The maximum atomic E-state index is 12.6. The highest BCUT2D eigenvalue weighted by atomic mass is 127. The van der Waals surface area contributed by atoms with Crippen molar-refractivity contribution in [3.8, 4) is 17.2 Å². The molecule has 0 aromatic heterocycles. The molecule has 1 aliphatic rings. The van der Waals surface area contributed by atoms with Gasteiger partial charge in [-0.3, -0.25) is 14.5 Å². The molecule has 28 heavy (non-hydrogen) atoms. The molecule has 0 unspecified atom stereocenters. The van der Waals surface area contributed by atoms with Crippen molar-refractivity contribution >= 4 is 51.6 Å². The fourth-order valence-corrected chi connectivity index (χ4v) is 4.05. The molecule has 0 aliphatic carbocycles. The first-order chi connectivity index (χ1) is 13.5. The number of hydrogen-bond acceptors (Lipinski definition) is 6. The second kappa shape index (κ2) is 9.33. The Labute approximate surface area is 180 Å². The molecule has 0 bridgehead atoms. The van der Waals surface area contributed by atoms with E-state index in [0.717, 1.165) is 11.8 Å². The first kappa shape index (κ1) is 20.5. The quantitative estimate of drug-likeness (QED) is 0.436. The highest BCUT2D eigenvalue weighted by molar-refractivity contribution is 14.1. The zero-order valence-electron chi connectivity index (χ0n) is 15.1. The van der Waals surface area contributed by atoms with Crippen LogP contribution in [0.3, 0.4) is 0 Å². The molecular weight excluding hydrogens is 493 g/mol. The van der Waals surface area contributed by atoms with E-state index in [9.17, 15) is 14.7 Å². The highest BCUT2D eigenvalue weighted by Gasteiger charge is 2.34. The lowest BCUT2D eigenvalue weighted by atomic mass is 10.2. The predicted octanol–water partition coefficient (Wildman–Crippen LogP) is 4.51. The second-order valence-corrected chi connectivity index (χ2v) is 7.93. The fraction of sp³-hybridized carbons (Fsp3) is 0.200. The van der Waals surface area contributed by atoms with Gasteiger partial charge in [-0.2, -0.15) is 0 Å². The third-order valence-corrected chi connectivity index (χ3v) is 5.58. The van der Waals surface area contributed by atoms with Gasteiger partial charge in [-0.15, -0.1) is 0 Å². The lowest BCUT2D eigenvalue weighted by Gasteiger charge is -2.13. The van der Waals surface area contributed by atoms with Gasteiger partial charge in [0.15, 0.2) is 11.5 Å². The zero-order chi connectivity index (χ0) is 20.1. The van der Waals surface area contributed by atoms with Crippen molar-refractivity contribution in [2.75, 3.05) is 19.8 Å². The predicted molar refractivity (Wildman–Crippen MR) is 117 cm³/mol. The third kappa shape index (κ3) is 4.79. The van der Waals surface area contributed by atoms with Crippen LogP contribution in [0.2, 0.25) is 0 Å². The van der Waals surface area contributed by atoms with Gasteiger partial charge in [0.05, 0.1) is 21.6 Å². The van der Waals surface area contributed by atoms with Crippen molar-refractivity contribution in [3.63, 3.8) is 0 Å². The van der Waals surface area contributed by atoms with Crippen LogP contribution >= 0.6 is 34.4 Å². The second-order valence-electron chi connectivity index (χ2n) is 5.78. The van der Waals surface area contributed by atoms with Gasteiger partial charge in [-0.25, -0.2) is 0 Å². The summed E-state index contributed by atoms with van der Waals surface area (Å²) in [7, 11) is 0. The van der Waals surface area contributed by atoms with Gasteiger partial charge < -0.3 is 14.6 Å². The monoisotopic (exact) mass is 511 g/mol. The number of nitrogens with zero attached hydrogens (tertiary/aromatic N) is 1. The SMILES string of the molecule is CCOc1cc(/C=C2\SC(=O)N(CCOc3ccccc3)C2=O)cc(I)c1O. The molecule has 0 atom stereocenters. The molecule has 1 saturated heterocycles. The highest BCUT2D eigenvalue weighted by Crippen LogP contribution is 2.36. The van der Waals surface area contributed by atoms with Gasteiger partial charge in [0, 0.05) is 0 Å². The number of carbonyl (C=O) groups is 2. The smallest absolute Gasteiger partial charge is 0.293 e. The van der Waals surface area contributed by atoms with Crippen LogP contribution < -0.4 is 9.47 Å². The third-order valence-electron chi connectivity index (χ3n) is 3.85. The molecule has 8 heteroatoms. The number of ether oxygens (including phenoxy) is 2. The lowest BCUT2D eigenvalue weighted by molar-refractivity contribution is -0.123. The van der Waals surface area contributed by atoms with E-state index in [1.54, 1.807) is 18.2 Å². The molecule has 2 aromatic carbocycles. The fourth-order valence-electron chi connectivity index (χ4n) is 2.56. The Bertz CT molecular complexity index is 916. The van der Waals surface area contributed by atoms with Crippen molar-refractivity contribution in [1.29, 1.82) is 0 Å². The topological polar surface area (TPSA) is 76.1 Å². The molecule has 0 saturated carbocycles. The molecule has 1 aliphatic heterocycles. The number of imide groups is 1. The first-order valence-corrected chi connectivity index (χ1v) is 10.5. The summed E-state index contributed by atoms with van der Waals surface area (Å²) in [4.78, 5) is 26.3. The number of aromatic hydroxyl groups is 1. The largest absolute Gasteiger partial charge is 0.504 e. The minimum absolute atomic E-state index is 0.0609. The molecule has 2 amide bonds. The molecule has 1 heterocycles. The average molecular weight is 511 g/mol. The number of phenolic OH excluding ortho intramolecular Hbond substituents is 1. The Morgan fingerprint density at radius 3 is 2.64 bits per heavy atom. The Balaban J connectivity index is 1.70. The number of hydrogen-bond donors (Lipinski definition) is 1. The summed E-state index contributed by atoms with van der Waals surface area (Å²) in [6, 6.07) is 12.6. The van der Waals surface area contributed by atoms with Crippen LogP contribution in [0, 0.1) is 3.57 Å². The molecular formula is C20H18INO5S. The summed E-state index contributed by atoms with van der Waals surface area (Å²) < 4.78 is 11.6. The van der Waals surface area contributed by atoms with Gasteiger partial charge in [-0.1, -0.05) is 18.2 Å². The van der Waals surface area contributed by atoms with E-state index >= 15 is 0 Å². The molecule has 1 fully saturated rings. The van der Waals surface area contributed by atoms with Crippen molar-refractivity contribution in [2.24, 2.45) is 0 Å². The number of para-hydroxylation sites is 1. The van der Waals surface area contributed by atoms with Crippen LogP contribution in [-0.4, -0.2) is 40.9 Å². The average Bonchev–Trinajstić information content (AvgIpc) is 2.94. The Hall–Kier alpha value is -2.20. The minimum Gasteiger partial charge on any atom is -0.504 e. The number of amides is 2. The zero-order valence-corrected chi connectivity index (χ0v) is 18.0. The van der Waals surface area contributed by atoms with Crippen LogP contribution in [0.5, 0.6) is 17.2 Å². The van der Waals surface area contributed by atoms with E-state index in [-0.39, 0.29) is 30.0 Å². The summed E-state index contributed by atoms with van der Waals surface area (Å²) >= 11 is 2.88. The number of phenols is 1. The van der Waals surface area contributed by atoms with Gasteiger partial charge in [0.25, 0.3) is 11.1 Å². The van der Waals surface area contributed by atoms with E-state index in [1.807, 2.05) is 59.8 Å². The van der Waals surface area contributed by atoms with E-state index in [0.29, 0.717) is 32.1 Å². The Morgan fingerprint density at radius 2 is 1.93 bits per heavy atom. The molecule has 0 radical (unpaired) electrons. The van der Waals surface area contributed by atoms with Gasteiger partial charge in [0.2, 0.25) is 0 Å². The van der Waals surface area contributed by atoms with E-state index in [1.165, 1.54) is 4.90 Å². The Kier molecular flexibility index (Phi) is 6.84. The standard InChI is InChI=1S/C20H18INO5S/c1-2-26-16-11-13(10-15(21)18(16)23)12-17-19(24)22(20(25)28-17)8-9-27-14-6-4-3-5-7-14/h3-7,10-12,23H,2,8-9H2,1H3/b17-12-. The van der Waals surface area contributed by atoms with Gasteiger partial charge >= 0.3 is 0 Å². The van der Waals surface area contributed by atoms with Crippen LogP contribution in [0.4, 0.5) is 4.79 Å². The number of rotatable bonds is 7. The maximum Gasteiger partial charge on any atom is 0.293 e. The summed E-state index contributed by atoms with van der Waals surface area (Å²) in [5, 5.41) is 9.71. The molecule has 3 rings (SSSR count). The van der Waals surface area contributed by atoms with Crippen molar-refractivity contribution in [3.05, 3.63) is 56.5 Å². The molecule has 146 valence electrons. The molecule has 6 nitrogen and oxygen atoms in total. The van der Waals surface area contributed by atoms with Gasteiger partial charge in [0.1, 0.15) is 12.4 Å². The first-order valence-electron chi connectivity index (χ1n) is 8.58. The van der Waals surface area contributed by atoms with E-state index < -0.39 is 0 Å². The van der Waals surface area contributed by atoms with Crippen LogP contribution in [0.25, 0.3) is 6.08 Å². The molecule has 0 spiro atoms. The van der Waals surface area contributed by atoms with E-state index in [2.05, 4.69) is 0 Å². The molecule has 2 aromatic rings. The number of thioether (sulfide) groups is 1. The molecule has 1 N–H and O–H groups in total. The number of halogens is 1. The Morgan fingerprint density at radius 1 is 1.18 bits per heavy atom. The van der Waals surface area contributed by atoms with Crippen molar-refractivity contribution < 1.29 is 24.2 Å². The van der Waals surface area contributed by atoms with Crippen LogP contribution in [0.15, 0.2) is 47.4 Å². The summed E-state index contributed by atoms with van der Waals surface area (Å²) in [6.07, 6.45) is 1.63. The maximum absolute atomic E-state index is 12.6. The van der Waals surface area contributed by atoms with Crippen LogP contribution in [-0.2, 0) is 4.79 Å². The summed E-state index contributed by atoms with van der Waals surface area (Å²) in [5.41, 5.74) is 0.677.